The van der Waals surface area contributed by atoms with Crippen molar-refractivity contribution in [2.75, 3.05) is 134 Å². The molecule has 2 unspecified atom stereocenters. The highest BCUT2D eigenvalue weighted by Crippen LogP contribution is 2.71. The molecule has 0 bridgehead atoms. The number of oxime groups is 2. The number of rotatable bonds is 14. The number of benzene rings is 6. The van der Waals surface area contributed by atoms with Gasteiger partial charge in [-0.05, 0) is 166 Å². The van der Waals surface area contributed by atoms with Crippen LogP contribution in [0.1, 0.15) is 192 Å². The molecule has 16 rings (SSSR count). The minimum absolute atomic E-state index is 0.138. The number of methoxy groups -OCH3 is 4. The minimum atomic E-state index is -0.449. The first-order chi connectivity index (χ1) is 52.6. The molecule has 0 amide bonds. The summed E-state index contributed by atoms with van der Waals surface area (Å²) in [5.41, 5.74) is 29.7. The second-order valence-corrected chi connectivity index (χ2v) is 34.1. The predicted octanol–water partition coefficient (Wildman–Crippen LogP) is 13.0. The maximum absolute atomic E-state index is 10.4. The lowest BCUT2D eigenvalue weighted by Gasteiger charge is -2.37. The van der Waals surface area contributed by atoms with E-state index in [1.165, 1.54) is 50.1 Å². The third-order valence-corrected chi connectivity index (χ3v) is 25.7. The Hall–Kier alpha value is -9.08. The summed E-state index contributed by atoms with van der Waals surface area (Å²) < 4.78 is 75.7. The van der Waals surface area contributed by atoms with Crippen molar-refractivity contribution in [3.8, 4) is 81.1 Å². The summed E-state index contributed by atoms with van der Waals surface area (Å²) in [6, 6.07) is 13.4. The molecule has 0 aromatic heterocycles. The van der Waals surface area contributed by atoms with Crippen molar-refractivity contribution in [3.63, 3.8) is 0 Å². The first-order valence-corrected chi connectivity index (χ1v) is 38.6. The number of hydrogen-bond acceptors (Lipinski definition) is 22. The van der Waals surface area contributed by atoms with E-state index < -0.39 is 10.8 Å². The third-order valence-electron chi connectivity index (χ3n) is 25.7. The molecule has 2 spiro atoms. The molecular formula is C86H106N10O14. The van der Waals surface area contributed by atoms with Crippen molar-refractivity contribution in [1.29, 1.82) is 10.5 Å². The van der Waals surface area contributed by atoms with Crippen LogP contribution in [0.5, 0.6) is 69.0 Å². The van der Waals surface area contributed by atoms with Gasteiger partial charge in [0.25, 0.3) is 0 Å². The molecule has 24 heteroatoms. The number of nitrogens with two attached hydrogens (primary N) is 2. The maximum atomic E-state index is 10.4. The second kappa shape index (κ2) is 28.6. The molecule has 4 saturated heterocycles. The standard InChI is InChI=1S/C43H56N6O8.C43H50N4O6/c1-23-24(2)32(40(45)47-51)38-37(31(23)39(44)46-50)56-30-18-28-34(26(36(30)57-38)20-49-11-15-55-16-12-49)43(22-42(28,5)6)21-41(3,4)27-17-29(52-7)35(53-8)25(33(27)43)19-48-9-13-54-14-10-48;1-25-26(2)28(20-45)40-39(27(25)19-44)52-34-18-32-36(30(38(34)53-40)22-47-11-15-51-16-12-47)43(24-42(32,5)6)23-41(3,4)31-17-33(48-7)37(49-8)29(35(31)43)21-46-9-13-50-14-10-46/h17-18,50-51H,9-16,19-22H2,1-8H3,(H2,44,46)(H2,45,47);17-18H,9-16,21-24H2,1-8H3. The average molecular weight is 1500 g/mol. The molecule has 10 aliphatic rings. The number of hydrogen-bond donors (Lipinski definition) is 4. The van der Waals surface area contributed by atoms with Gasteiger partial charge in [0.1, 0.15) is 23.3 Å². The van der Waals surface area contributed by atoms with Gasteiger partial charge in [0.05, 0.1) is 92.4 Å². The molecule has 0 radical (unpaired) electrons. The van der Waals surface area contributed by atoms with Crippen LogP contribution in [0.15, 0.2) is 34.6 Å². The Kier molecular flexibility index (Phi) is 19.8. The molecule has 6 aromatic carbocycles. The Morgan fingerprint density at radius 3 is 1.00 bits per heavy atom. The lowest BCUT2D eigenvalue weighted by atomic mass is 9.70. The maximum Gasteiger partial charge on any atom is 0.189 e. The number of fused-ring (bicyclic) bond motifs is 12. The van der Waals surface area contributed by atoms with Crippen LogP contribution >= 0.6 is 0 Å². The molecule has 4 aliphatic carbocycles. The van der Waals surface area contributed by atoms with Gasteiger partial charge in [0.15, 0.2) is 80.7 Å². The van der Waals surface area contributed by atoms with Gasteiger partial charge in [-0.1, -0.05) is 65.7 Å². The van der Waals surface area contributed by atoms with Crippen LogP contribution in [0.4, 0.5) is 0 Å². The number of nitriles is 2. The van der Waals surface area contributed by atoms with Crippen LogP contribution in [-0.4, -0.2) is 175 Å². The lowest BCUT2D eigenvalue weighted by molar-refractivity contribution is 0.0333. The van der Waals surface area contributed by atoms with Crippen molar-refractivity contribution in [2.45, 2.75) is 167 Å². The Balaban J connectivity index is 0.000000175. The molecule has 2 atom stereocenters. The van der Waals surface area contributed by atoms with Gasteiger partial charge in [-0.25, -0.2) is 0 Å². The molecule has 6 heterocycles. The normalized spacial score (nSPS) is 22.6. The van der Waals surface area contributed by atoms with Crippen molar-refractivity contribution in [1.82, 2.24) is 19.6 Å². The highest BCUT2D eigenvalue weighted by molar-refractivity contribution is 6.08. The summed E-state index contributed by atoms with van der Waals surface area (Å²) in [6.07, 6.45) is 3.47. The minimum Gasteiger partial charge on any atom is -0.493 e. The summed E-state index contributed by atoms with van der Waals surface area (Å²) in [4.78, 5) is 9.77. The summed E-state index contributed by atoms with van der Waals surface area (Å²) in [7, 11) is 6.93. The fourth-order valence-corrected chi connectivity index (χ4v) is 20.9. The van der Waals surface area contributed by atoms with Crippen LogP contribution in [0.25, 0.3) is 0 Å². The third kappa shape index (κ3) is 12.2. The topological polar surface area (TPSA) is 289 Å². The first kappa shape index (κ1) is 76.3. The predicted molar refractivity (Wildman–Crippen MR) is 415 cm³/mol. The SMILES string of the molecule is COc1cc2c(c(CN3CCOCC3)c1OC)C1(CC2(C)C)CC(C)(C)c2cc3c(c(CN4CCOCC4)c21)Oc1c(C#N)c(C)c(C)c(C#N)c1O3.COc1cc2c(c(CN3CCOCC3)c1OC)C1(CC2(C)C)CC(C)(C)c2cc3c(c(CN4CCOCC4)c21)Oc1c(c(/C(N)=N/O)c(C)c(C)c1/C(N)=N/O)O3. The van der Waals surface area contributed by atoms with E-state index in [0.717, 1.165) is 135 Å². The van der Waals surface area contributed by atoms with Crippen LogP contribution in [0.3, 0.4) is 0 Å². The number of ether oxygens (including phenoxy) is 12. The summed E-state index contributed by atoms with van der Waals surface area (Å²) >= 11 is 0. The van der Waals surface area contributed by atoms with Gasteiger partial charge >= 0.3 is 0 Å². The molecule has 6 aliphatic heterocycles. The smallest absolute Gasteiger partial charge is 0.189 e. The van der Waals surface area contributed by atoms with E-state index in [1.54, 1.807) is 28.4 Å². The monoisotopic (exact) mass is 1500 g/mol. The number of nitrogens with zero attached hydrogens (tertiary/aromatic N) is 8. The Bertz CT molecular complexity index is 4890. The zero-order valence-electron chi connectivity index (χ0n) is 66.8. The first-order valence-electron chi connectivity index (χ1n) is 38.6. The van der Waals surface area contributed by atoms with E-state index in [9.17, 15) is 20.9 Å². The molecule has 6 N–H and O–H groups in total. The highest BCUT2D eigenvalue weighted by atomic mass is 16.6. The lowest BCUT2D eigenvalue weighted by Crippen LogP contribution is -2.38. The molecule has 24 nitrogen and oxygen atoms in total. The number of morpholine rings is 4. The van der Waals surface area contributed by atoms with Crippen LogP contribution in [0.2, 0.25) is 0 Å². The zero-order valence-corrected chi connectivity index (χ0v) is 66.8. The highest BCUT2D eigenvalue weighted by Gasteiger charge is 2.62. The zero-order chi connectivity index (χ0) is 78.1. The van der Waals surface area contributed by atoms with Crippen molar-refractivity contribution < 1.29 is 67.3 Å². The van der Waals surface area contributed by atoms with E-state index in [4.69, 9.17) is 68.3 Å². The quantitative estimate of drug-likeness (QED) is 0.0340. The molecule has 0 saturated carbocycles. The van der Waals surface area contributed by atoms with E-state index in [1.807, 2.05) is 27.7 Å². The van der Waals surface area contributed by atoms with Crippen LogP contribution < -0.4 is 49.4 Å². The fraction of sp³-hybridized carbons (Fsp3) is 0.535. The van der Waals surface area contributed by atoms with E-state index >= 15 is 0 Å². The van der Waals surface area contributed by atoms with Crippen LogP contribution in [0, 0.1) is 50.4 Å². The van der Waals surface area contributed by atoms with Gasteiger partial charge in [0, 0.05) is 112 Å². The summed E-state index contributed by atoms with van der Waals surface area (Å²) in [5.74, 6) is 6.18. The Morgan fingerprint density at radius 2 is 0.691 bits per heavy atom. The molecule has 584 valence electrons. The van der Waals surface area contributed by atoms with Crippen LogP contribution in [-0.2, 0) is 77.6 Å². The van der Waals surface area contributed by atoms with Crippen molar-refractivity contribution >= 4 is 11.7 Å². The van der Waals surface area contributed by atoms with Gasteiger partial charge in [-0.3, -0.25) is 19.6 Å². The van der Waals surface area contributed by atoms with Gasteiger partial charge in [-0.2, -0.15) is 10.5 Å². The van der Waals surface area contributed by atoms with Gasteiger partial charge < -0.3 is 78.7 Å². The van der Waals surface area contributed by atoms with E-state index in [-0.39, 0.29) is 44.8 Å². The fourth-order valence-electron chi connectivity index (χ4n) is 20.9. The summed E-state index contributed by atoms with van der Waals surface area (Å²) in [5, 5.41) is 47.4. The molecular weight excluding hydrogens is 1400 g/mol. The Labute approximate surface area is 645 Å². The average Bonchev–Trinajstić information content (AvgIpc) is 1.51. The largest absolute Gasteiger partial charge is 0.493 e. The Morgan fingerprint density at radius 1 is 0.409 bits per heavy atom. The van der Waals surface area contributed by atoms with E-state index in [2.05, 4.69) is 122 Å². The second-order valence-electron chi connectivity index (χ2n) is 34.1. The molecule has 4 fully saturated rings. The molecule has 6 aromatic rings. The number of amidine groups is 2. The van der Waals surface area contributed by atoms with Crippen molar-refractivity contribution in [3.05, 3.63) is 136 Å². The molecule has 110 heavy (non-hydrogen) atoms. The summed E-state index contributed by atoms with van der Waals surface area (Å²) in [6.45, 7) is 40.5. The van der Waals surface area contributed by atoms with Gasteiger partial charge in [-0.15, -0.1) is 0 Å². The van der Waals surface area contributed by atoms with Gasteiger partial charge in [0.2, 0.25) is 0 Å². The van der Waals surface area contributed by atoms with E-state index in [0.29, 0.717) is 140 Å². The van der Waals surface area contributed by atoms with Crippen molar-refractivity contribution in [2.24, 2.45) is 21.8 Å².